The van der Waals surface area contributed by atoms with Gasteiger partial charge in [-0.15, -0.1) is 0 Å². The fourth-order valence-corrected chi connectivity index (χ4v) is 2.38. The highest BCUT2D eigenvalue weighted by Crippen LogP contribution is 2.22. The first-order valence-corrected chi connectivity index (χ1v) is 6.46. The van der Waals surface area contributed by atoms with Gasteiger partial charge in [0, 0.05) is 13.2 Å². The molecule has 0 amide bonds. The predicted octanol–water partition coefficient (Wildman–Crippen LogP) is 2.56. The van der Waals surface area contributed by atoms with E-state index in [-0.39, 0.29) is 5.60 Å². The average molecular weight is 233 g/mol. The Bertz CT molecular complexity index is 348. The fraction of sp³-hybridized carbons (Fsp3) is 0.600. The molecule has 0 unspecified atom stereocenters. The third kappa shape index (κ3) is 3.30. The van der Waals surface area contributed by atoms with Crippen molar-refractivity contribution in [2.24, 2.45) is 0 Å². The quantitative estimate of drug-likeness (QED) is 0.844. The van der Waals surface area contributed by atoms with Crippen molar-refractivity contribution in [1.82, 2.24) is 5.32 Å². The first-order chi connectivity index (χ1) is 8.11. The molecule has 0 bridgehead atoms. The van der Waals surface area contributed by atoms with E-state index in [9.17, 15) is 0 Å². The Hall–Kier alpha value is -0.860. The van der Waals surface area contributed by atoms with E-state index < -0.39 is 0 Å². The van der Waals surface area contributed by atoms with Crippen LogP contribution >= 0.6 is 0 Å². The molecular formula is C15H23NO. The zero-order valence-corrected chi connectivity index (χ0v) is 11.1. The summed E-state index contributed by atoms with van der Waals surface area (Å²) in [6.45, 7) is 5.30. The third-order valence-corrected chi connectivity index (χ3v) is 3.76. The van der Waals surface area contributed by atoms with Crippen molar-refractivity contribution in [2.45, 2.75) is 44.8 Å². The van der Waals surface area contributed by atoms with E-state index in [1.54, 1.807) is 7.11 Å². The van der Waals surface area contributed by atoms with Gasteiger partial charge in [-0.3, -0.25) is 0 Å². The Morgan fingerprint density at radius 1 is 1.24 bits per heavy atom. The fourth-order valence-electron chi connectivity index (χ4n) is 2.38. The second-order valence-corrected chi connectivity index (χ2v) is 5.54. The first-order valence-electron chi connectivity index (χ1n) is 6.46. The summed E-state index contributed by atoms with van der Waals surface area (Å²) in [6.07, 6.45) is 3.39. The summed E-state index contributed by atoms with van der Waals surface area (Å²) in [5.41, 5.74) is 3.00. The molecule has 0 saturated heterocycles. The maximum absolute atomic E-state index is 5.42. The van der Waals surface area contributed by atoms with E-state index in [2.05, 4.69) is 43.4 Å². The summed E-state index contributed by atoms with van der Waals surface area (Å²) in [4.78, 5) is 0. The number of fused-ring (bicyclic) bond motifs is 1. The topological polar surface area (TPSA) is 21.3 Å². The van der Waals surface area contributed by atoms with E-state index in [0.717, 1.165) is 13.0 Å². The van der Waals surface area contributed by atoms with Gasteiger partial charge in [0.2, 0.25) is 0 Å². The molecule has 1 aromatic rings. The normalized spacial score (nSPS) is 16.2. The Kier molecular flexibility index (Phi) is 3.85. The number of methoxy groups -OCH3 is 1. The SMILES string of the molecule is COC(C)(C)CCNC1Cc2ccccc2C1. The van der Waals surface area contributed by atoms with Crippen molar-refractivity contribution < 1.29 is 4.74 Å². The van der Waals surface area contributed by atoms with E-state index in [0.29, 0.717) is 6.04 Å². The summed E-state index contributed by atoms with van der Waals surface area (Å²) < 4.78 is 5.42. The van der Waals surface area contributed by atoms with Crippen molar-refractivity contribution in [3.05, 3.63) is 35.4 Å². The number of rotatable bonds is 5. The van der Waals surface area contributed by atoms with Gasteiger partial charge in [-0.05, 0) is 50.8 Å². The molecule has 0 saturated carbocycles. The second kappa shape index (κ2) is 5.19. The predicted molar refractivity (Wildman–Crippen MR) is 71.3 cm³/mol. The first kappa shape index (κ1) is 12.6. The van der Waals surface area contributed by atoms with Crippen LogP contribution in [0.2, 0.25) is 0 Å². The van der Waals surface area contributed by atoms with Crippen LogP contribution in [0.25, 0.3) is 0 Å². The molecule has 94 valence electrons. The maximum atomic E-state index is 5.42. The van der Waals surface area contributed by atoms with Gasteiger partial charge >= 0.3 is 0 Å². The molecule has 1 aliphatic carbocycles. The van der Waals surface area contributed by atoms with E-state index >= 15 is 0 Å². The highest BCUT2D eigenvalue weighted by molar-refractivity contribution is 5.33. The van der Waals surface area contributed by atoms with Crippen LogP contribution < -0.4 is 5.32 Å². The Labute approximate surface area is 104 Å². The van der Waals surface area contributed by atoms with Gasteiger partial charge in [0.1, 0.15) is 0 Å². The Morgan fingerprint density at radius 3 is 2.35 bits per heavy atom. The largest absolute Gasteiger partial charge is 0.379 e. The summed E-state index contributed by atoms with van der Waals surface area (Å²) in [6, 6.07) is 9.37. The lowest BCUT2D eigenvalue weighted by atomic mass is 10.1. The number of nitrogens with one attached hydrogen (secondary N) is 1. The molecule has 1 aliphatic rings. The van der Waals surface area contributed by atoms with Crippen molar-refractivity contribution in [2.75, 3.05) is 13.7 Å². The minimum absolute atomic E-state index is 0.0154. The molecule has 0 spiro atoms. The smallest absolute Gasteiger partial charge is 0.0634 e. The summed E-state index contributed by atoms with van der Waals surface area (Å²) in [5, 5.41) is 3.64. The third-order valence-electron chi connectivity index (χ3n) is 3.76. The Balaban J connectivity index is 1.77. The van der Waals surface area contributed by atoms with Crippen LogP contribution in [0.3, 0.4) is 0 Å². The van der Waals surface area contributed by atoms with Crippen LogP contribution in [0, 0.1) is 0 Å². The number of benzene rings is 1. The van der Waals surface area contributed by atoms with Gasteiger partial charge in [0.25, 0.3) is 0 Å². The molecule has 0 aliphatic heterocycles. The highest BCUT2D eigenvalue weighted by Gasteiger charge is 2.21. The van der Waals surface area contributed by atoms with Crippen LogP contribution in [-0.4, -0.2) is 25.3 Å². The van der Waals surface area contributed by atoms with Crippen molar-refractivity contribution in [3.63, 3.8) is 0 Å². The van der Waals surface area contributed by atoms with Gasteiger partial charge in [-0.1, -0.05) is 24.3 Å². The van der Waals surface area contributed by atoms with E-state index in [4.69, 9.17) is 4.74 Å². The van der Waals surface area contributed by atoms with Gasteiger partial charge in [0.15, 0.2) is 0 Å². The van der Waals surface area contributed by atoms with Crippen LogP contribution in [0.15, 0.2) is 24.3 Å². The zero-order chi connectivity index (χ0) is 12.3. The molecule has 0 heterocycles. The van der Waals surface area contributed by atoms with Crippen LogP contribution in [0.4, 0.5) is 0 Å². The molecule has 0 atom stereocenters. The van der Waals surface area contributed by atoms with Gasteiger partial charge in [-0.25, -0.2) is 0 Å². The van der Waals surface area contributed by atoms with Crippen LogP contribution in [-0.2, 0) is 17.6 Å². The van der Waals surface area contributed by atoms with Crippen molar-refractivity contribution in [3.8, 4) is 0 Å². The molecule has 2 nitrogen and oxygen atoms in total. The van der Waals surface area contributed by atoms with Crippen molar-refractivity contribution in [1.29, 1.82) is 0 Å². The van der Waals surface area contributed by atoms with Gasteiger partial charge < -0.3 is 10.1 Å². The number of hydrogen-bond donors (Lipinski definition) is 1. The Morgan fingerprint density at radius 2 is 1.82 bits per heavy atom. The minimum atomic E-state index is -0.0154. The summed E-state index contributed by atoms with van der Waals surface area (Å²) in [5.74, 6) is 0. The second-order valence-electron chi connectivity index (χ2n) is 5.54. The van der Waals surface area contributed by atoms with E-state index in [1.165, 1.54) is 24.0 Å². The average Bonchev–Trinajstić information content (AvgIpc) is 2.71. The van der Waals surface area contributed by atoms with Crippen LogP contribution in [0.5, 0.6) is 0 Å². The van der Waals surface area contributed by atoms with Gasteiger partial charge in [0.05, 0.1) is 5.60 Å². The maximum Gasteiger partial charge on any atom is 0.0634 e. The highest BCUT2D eigenvalue weighted by atomic mass is 16.5. The molecule has 1 aromatic carbocycles. The molecule has 2 heteroatoms. The zero-order valence-electron chi connectivity index (χ0n) is 11.1. The standard InChI is InChI=1S/C15H23NO/c1-15(2,17-3)8-9-16-14-10-12-6-4-5-7-13(12)11-14/h4-7,14,16H,8-11H2,1-3H3. The molecule has 0 fully saturated rings. The number of ether oxygens (including phenoxy) is 1. The lowest BCUT2D eigenvalue weighted by molar-refractivity contribution is 0.0154. The molecule has 1 N–H and O–H groups in total. The van der Waals surface area contributed by atoms with Crippen molar-refractivity contribution >= 4 is 0 Å². The summed E-state index contributed by atoms with van der Waals surface area (Å²) >= 11 is 0. The van der Waals surface area contributed by atoms with E-state index in [1.807, 2.05) is 0 Å². The lowest BCUT2D eigenvalue weighted by Gasteiger charge is -2.24. The molecule has 2 rings (SSSR count). The lowest BCUT2D eigenvalue weighted by Crippen LogP contribution is -2.35. The number of hydrogen-bond acceptors (Lipinski definition) is 2. The summed E-state index contributed by atoms with van der Waals surface area (Å²) in [7, 11) is 1.78. The monoisotopic (exact) mass is 233 g/mol. The molecule has 17 heavy (non-hydrogen) atoms. The van der Waals surface area contributed by atoms with Gasteiger partial charge in [-0.2, -0.15) is 0 Å². The molecule has 0 radical (unpaired) electrons. The minimum Gasteiger partial charge on any atom is -0.379 e. The van der Waals surface area contributed by atoms with Crippen LogP contribution in [0.1, 0.15) is 31.4 Å². The molecular weight excluding hydrogens is 210 g/mol. The molecule has 0 aromatic heterocycles.